The summed E-state index contributed by atoms with van der Waals surface area (Å²) in [5.74, 6) is 0.345. The maximum absolute atomic E-state index is 13.3. The van der Waals surface area contributed by atoms with Crippen molar-refractivity contribution >= 4 is 11.6 Å². The second-order valence-electron chi connectivity index (χ2n) is 8.70. The molecule has 1 amide bonds. The predicted molar refractivity (Wildman–Crippen MR) is 131 cm³/mol. The zero-order valence-corrected chi connectivity index (χ0v) is 19.6. The third-order valence-corrected chi connectivity index (χ3v) is 6.18. The van der Waals surface area contributed by atoms with Crippen LogP contribution in [0.15, 0.2) is 78.9 Å². The van der Waals surface area contributed by atoms with E-state index in [0.29, 0.717) is 37.7 Å². The van der Waals surface area contributed by atoms with Gasteiger partial charge in [-0.1, -0.05) is 48.5 Å². The lowest BCUT2D eigenvalue weighted by Gasteiger charge is -2.35. The van der Waals surface area contributed by atoms with Crippen LogP contribution < -0.4 is 4.90 Å². The number of aromatic nitrogens is 3. The molecule has 0 atom stereocenters. The van der Waals surface area contributed by atoms with Gasteiger partial charge in [-0.25, -0.2) is 9.67 Å². The molecule has 4 aromatic rings. The topological polar surface area (TPSA) is 54.3 Å². The highest BCUT2D eigenvalue weighted by Gasteiger charge is 2.32. The van der Waals surface area contributed by atoms with Crippen LogP contribution in [0.4, 0.5) is 18.9 Å². The van der Waals surface area contributed by atoms with Gasteiger partial charge in [0.15, 0.2) is 5.82 Å². The number of halogens is 3. The molecule has 0 spiro atoms. The Morgan fingerprint density at radius 3 is 2.22 bits per heavy atom. The number of carbonyl (C=O) groups is 1. The third kappa shape index (κ3) is 4.82. The van der Waals surface area contributed by atoms with Crippen molar-refractivity contribution in [3.05, 3.63) is 95.8 Å². The number of hydrogen-bond acceptors (Lipinski definition) is 4. The molecular formula is C27H24F3N5O. The van der Waals surface area contributed by atoms with Crippen LogP contribution in [0.3, 0.4) is 0 Å². The highest BCUT2D eigenvalue weighted by molar-refractivity contribution is 5.91. The van der Waals surface area contributed by atoms with E-state index >= 15 is 0 Å². The lowest BCUT2D eigenvalue weighted by Crippen LogP contribution is -2.49. The number of aryl methyl sites for hydroxylation is 1. The lowest BCUT2D eigenvalue weighted by molar-refractivity contribution is -0.137. The predicted octanol–water partition coefficient (Wildman–Crippen LogP) is 5.22. The van der Waals surface area contributed by atoms with E-state index in [2.05, 4.69) is 10.1 Å². The quantitative estimate of drug-likeness (QED) is 0.393. The van der Waals surface area contributed by atoms with Crippen LogP contribution in [0.1, 0.15) is 21.7 Å². The second kappa shape index (κ2) is 9.49. The Bertz CT molecular complexity index is 1380. The van der Waals surface area contributed by atoms with Crippen molar-refractivity contribution in [3.63, 3.8) is 0 Å². The summed E-state index contributed by atoms with van der Waals surface area (Å²) in [4.78, 5) is 21.4. The second-order valence-corrected chi connectivity index (χ2v) is 8.70. The molecular weight excluding hydrogens is 467 g/mol. The van der Waals surface area contributed by atoms with Crippen LogP contribution in [0, 0.1) is 6.92 Å². The van der Waals surface area contributed by atoms with Crippen molar-refractivity contribution in [2.45, 2.75) is 13.1 Å². The van der Waals surface area contributed by atoms with E-state index in [0.717, 1.165) is 28.9 Å². The average Bonchev–Trinajstić information content (AvgIpc) is 3.34. The number of rotatable bonds is 4. The fraction of sp³-hybridized carbons (Fsp3) is 0.222. The minimum Gasteiger partial charge on any atom is -0.368 e. The number of amides is 1. The lowest BCUT2D eigenvalue weighted by atomic mass is 10.1. The summed E-state index contributed by atoms with van der Waals surface area (Å²) in [6.07, 6.45) is -4.40. The van der Waals surface area contributed by atoms with Gasteiger partial charge in [0.05, 0.1) is 11.3 Å². The molecule has 3 aromatic carbocycles. The Kier molecular flexibility index (Phi) is 6.22. The first-order chi connectivity index (χ1) is 17.3. The molecule has 1 fully saturated rings. The van der Waals surface area contributed by atoms with Gasteiger partial charge in [0.1, 0.15) is 0 Å². The molecule has 0 saturated carbocycles. The number of hydrogen-bond donors (Lipinski definition) is 0. The van der Waals surface area contributed by atoms with Crippen molar-refractivity contribution in [2.75, 3.05) is 31.1 Å². The van der Waals surface area contributed by atoms with E-state index in [-0.39, 0.29) is 11.7 Å². The normalized spacial score (nSPS) is 14.2. The van der Waals surface area contributed by atoms with Crippen LogP contribution in [0.2, 0.25) is 0 Å². The molecule has 1 saturated heterocycles. The van der Waals surface area contributed by atoms with E-state index in [9.17, 15) is 18.0 Å². The van der Waals surface area contributed by atoms with Crippen LogP contribution in [-0.4, -0.2) is 51.8 Å². The Labute approximate surface area is 206 Å². The summed E-state index contributed by atoms with van der Waals surface area (Å²) in [5, 5.41) is 4.56. The Morgan fingerprint density at radius 2 is 1.53 bits per heavy atom. The van der Waals surface area contributed by atoms with E-state index in [4.69, 9.17) is 0 Å². The van der Waals surface area contributed by atoms with E-state index in [1.165, 1.54) is 6.07 Å². The van der Waals surface area contributed by atoms with Crippen LogP contribution in [0.25, 0.3) is 17.1 Å². The largest absolute Gasteiger partial charge is 0.416 e. The van der Waals surface area contributed by atoms with Crippen molar-refractivity contribution in [1.82, 2.24) is 19.7 Å². The number of benzene rings is 3. The zero-order chi connectivity index (χ0) is 25.3. The standard InChI is InChI=1S/C27H24F3N5O/c1-19-7-5-12-23(17-19)35-25(20-8-3-2-4-9-20)31-24(32-35)26(36)34-15-13-33(14-16-34)22-11-6-10-21(18-22)27(28,29)30/h2-12,17-18H,13-16H2,1H3. The highest BCUT2D eigenvalue weighted by Crippen LogP contribution is 2.32. The number of piperazine rings is 1. The molecule has 9 heteroatoms. The van der Waals surface area contributed by atoms with Crippen molar-refractivity contribution in [2.24, 2.45) is 0 Å². The molecule has 0 radical (unpaired) electrons. The van der Waals surface area contributed by atoms with Crippen molar-refractivity contribution in [3.8, 4) is 17.1 Å². The van der Waals surface area contributed by atoms with Gasteiger partial charge in [0, 0.05) is 37.4 Å². The number of carbonyl (C=O) groups excluding carboxylic acids is 1. The fourth-order valence-corrected chi connectivity index (χ4v) is 4.30. The van der Waals surface area contributed by atoms with Gasteiger partial charge in [-0.05, 0) is 42.8 Å². The van der Waals surface area contributed by atoms with Gasteiger partial charge in [-0.15, -0.1) is 5.10 Å². The molecule has 0 aliphatic carbocycles. The maximum Gasteiger partial charge on any atom is 0.416 e. The van der Waals surface area contributed by atoms with Gasteiger partial charge in [0.2, 0.25) is 5.82 Å². The first-order valence-electron chi connectivity index (χ1n) is 11.6. The molecule has 36 heavy (non-hydrogen) atoms. The Morgan fingerprint density at radius 1 is 0.833 bits per heavy atom. The number of anilines is 1. The van der Waals surface area contributed by atoms with Crippen LogP contribution in [0.5, 0.6) is 0 Å². The first kappa shape index (κ1) is 23.6. The monoisotopic (exact) mass is 491 g/mol. The maximum atomic E-state index is 13.3. The van der Waals surface area contributed by atoms with Crippen LogP contribution >= 0.6 is 0 Å². The van der Waals surface area contributed by atoms with Crippen molar-refractivity contribution in [1.29, 1.82) is 0 Å². The summed E-state index contributed by atoms with van der Waals surface area (Å²) in [6.45, 7) is 3.52. The molecule has 0 N–H and O–H groups in total. The highest BCUT2D eigenvalue weighted by atomic mass is 19.4. The molecule has 1 aliphatic heterocycles. The minimum atomic E-state index is -4.40. The Balaban J connectivity index is 1.37. The molecule has 5 rings (SSSR count). The molecule has 0 bridgehead atoms. The molecule has 2 heterocycles. The SMILES string of the molecule is Cc1cccc(-n2nc(C(=O)N3CCN(c4cccc(C(F)(F)F)c4)CC3)nc2-c2ccccc2)c1. The summed E-state index contributed by atoms with van der Waals surface area (Å²) in [5.41, 5.74) is 2.50. The molecule has 1 aliphatic rings. The number of nitrogens with zero attached hydrogens (tertiary/aromatic N) is 5. The van der Waals surface area contributed by atoms with E-state index in [1.807, 2.05) is 66.4 Å². The van der Waals surface area contributed by atoms with E-state index in [1.54, 1.807) is 15.6 Å². The molecule has 1 aromatic heterocycles. The fourth-order valence-electron chi connectivity index (χ4n) is 4.30. The van der Waals surface area contributed by atoms with Gasteiger partial charge >= 0.3 is 6.18 Å². The van der Waals surface area contributed by atoms with E-state index < -0.39 is 11.7 Å². The smallest absolute Gasteiger partial charge is 0.368 e. The van der Waals surface area contributed by atoms with Gasteiger partial charge in [-0.2, -0.15) is 13.2 Å². The van der Waals surface area contributed by atoms with Gasteiger partial charge in [0.25, 0.3) is 5.91 Å². The molecule has 0 unspecified atom stereocenters. The third-order valence-electron chi connectivity index (χ3n) is 6.18. The summed E-state index contributed by atoms with van der Waals surface area (Å²) < 4.78 is 41.0. The average molecular weight is 492 g/mol. The number of alkyl halides is 3. The van der Waals surface area contributed by atoms with Crippen LogP contribution in [-0.2, 0) is 6.18 Å². The zero-order valence-electron chi connectivity index (χ0n) is 19.6. The molecule has 184 valence electrons. The van der Waals surface area contributed by atoms with Gasteiger partial charge in [-0.3, -0.25) is 4.79 Å². The molecule has 6 nitrogen and oxygen atoms in total. The first-order valence-corrected chi connectivity index (χ1v) is 11.6. The Hall–Kier alpha value is -4.14. The minimum absolute atomic E-state index is 0.0860. The van der Waals surface area contributed by atoms with Crippen molar-refractivity contribution < 1.29 is 18.0 Å². The summed E-state index contributed by atoms with van der Waals surface area (Å²) in [7, 11) is 0. The summed E-state index contributed by atoms with van der Waals surface area (Å²) >= 11 is 0. The summed E-state index contributed by atoms with van der Waals surface area (Å²) in [6, 6.07) is 22.6. The van der Waals surface area contributed by atoms with Gasteiger partial charge < -0.3 is 9.80 Å².